The van der Waals surface area contributed by atoms with Crippen molar-refractivity contribution in [3.8, 4) is 0 Å². The van der Waals surface area contributed by atoms with Crippen molar-refractivity contribution in [2.75, 3.05) is 6.54 Å². The fraction of sp³-hybridized carbons (Fsp3) is 0.824. The van der Waals surface area contributed by atoms with E-state index in [0.29, 0.717) is 24.8 Å². The van der Waals surface area contributed by atoms with Crippen LogP contribution in [-0.4, -0.2) is 34.3 Å². The van der Waals surface area contributed by atoms with Crippen molar-refractivity contribution in [1.82, 2.24) is 4.90 Å². The lowest BCUT2D eigenvalue weighted by atomic mass is 9.79. The third-order valence-electron chi connectivity index (χ3n) is 6.66. The molecule has 1 heterocycles. The molecule has 3 saturated carbocycles. The highest BCUT2D eigenvalue weighted by Gasteiger charge is 2.61. The molecular formula is C17H23NO4. The molecule has 6 atom stereocenters. The molecule has 4 rings (SSSR count). The van der Waals surface area contributed by atoms with E-state index in [0.717, 1.165) is 38.5 Å². The number of carbonyl (C=O) groups is 3. The number of carboxylic acids is 1. The minimum absolute atomic E-state index is 0.00286. The van der Waals surface area contributed by atoms with Gasteiger partial charge in [-0.1, -0.05) is 12.8 Å². The van der Waals surface area contributed by atoms with Crippen LogP contribution < -0.4 is 0 Å². The van der Waals surface area contributed by atoms with Gasteiger partial charge >= 0.3 is 5.97 Å². The van der Waals surface area contributed by atoms with E-state index in [-0.39, 0.29) is 29.6 Å². The number of hydrogen-bond donors (Lipinski definition) is 1. The van der Waals surface area contributed by atoms with Crippen molar-refractivity contribution in [3.63, 3.8) is 0 Å². The van der Waals surface area contributed by atoms with Gasteiger partial charge in [0.1, 0.15) is 0 Å². The van der Waals surface area contributed by atoms with Crippen molar-refractivity contribution in [2.24, 2.45) is 35.5 Å². The van der Waals surface area contributed by atoms with Gasteiger partial charge in [0, 0.05) is 6.54 Å². The van der Waals surface area contributed by atoms with Crippen LogP contribution in [0.15, 0.2) is 0 Å². The summed E-state index contributed by atoms with van der Waals surface area (Å²) in [7, 11) is 0. The molecular weight excluding hydrogens is 282 g/mol. The first kappa shape index (κ1) is 14.2. The molecule has 0 aromatic heterocycles. The van der Waals surface area contributed by atoms with Crippen molar-refractivity contribution in [2.45, 2.75) is 44.9 Å². The molecule has 6 unspecified atom stereocenters. The third-order valence-corrected chi connectivity index (χ3v) is 6.66. The van der Waals surface area contributed by atoms with Crippen molar-refractivity contribution in [3.05, 3.63) is 0 Å². The zero-order valence-electron chi connectivity index (χ0n) is 12.7. The standard InChI is InChI=1S/C17H23NO4/c19-15-13-9-5-6-10(7-9)14(13)16(20)18(15)8-11-3-1-2-4-12(11)17(21)22/h9-14H,1-8H2,(H,21,22). The number of fused-ring (bicyclic) bond motifs is 5. The summed E-state index contributed by atoms with van der Waals surface area (Å²) >= 11 is 0. The smallest absolute Gasteiger partial charge is 0.306 e. The quantitative estimate of drug-likeness (QED) is 0.808. The first-order valence-electron chi connectivity index (χ1n) is 8.66. The largest absolute Gasteiger partial charge is 0.481 e. The van der Waals surface area contributed by atoms with Crippen LogP contribution in [0.2, 0.25) is 0 Å². The van der Waals surface area contributed by atoms with Crippen LogP contribution in [0.25, 0.3) is 0 Å². The van der Waals surface area contributed by atoms with Gasteiger partial charge in [0.2, 0.25) is 11.8 Å². The Morgan fingerprint density at radius 2 is 1.59 bits per heavy atom. The van der Waals surface area contributed by atoms with Gasteiger partial charge < -0.3 is 5.11 Å². The van der Waals surface area contributed by atoms with Crippen LogP contribution >= 0.6 is 0 Å². The lowest BCUT2D eigenvalue weighted by Gasteiger charge is -2.31. The van der Waals surface area contributed by atoms with Gasteiger partial charge in [-0.05, 0) is 49.9 Å². The first-order valence-corrected chi connectivity index (χ1v) is 8.66. The van der Waals surface area contributed by atoms with Crippen LogP contribution in [0, 0.1) is 35.5 Å². The van der Waals surface area contributed by atoms with E-state index in [9.17, 15) is 19.5 Å². The number of carbonyl (C=O) groups excluding carboxylic acids is 2. The SMILES string of the molecule is O=C(O)C1CCCCC1CN1C(=O)C2C3CCC(C3)C2C1=O. The molecule has 2 amide bonds. The Bertz CT molecular complexity index is 503. The lowest BCUT2D eigenvalue weighted by Crippen LogP contribution is -2.41. The number of nitrogens with zero attached hydrogens (tertiary/aromatic N) is 1. The van der Waals surface area contributed by atoms with E-state index < -0.39 is 11.9 Å². The Morgan fingerprint density at radius 1 is 1.00 bits per heavy atom. The molecule has 22 heavy (non-hydrogen) atoms. The number of amides is 2. The maximum absolute atomic E-state index is 12.7. The molecule has 1 aliphatic heterocycles. The molecule has 0 spiro atoms. The lowest BCUT2D eigenvalue weighted by molar-refractivity contribution is -0.149. The number of rotatable bonds is 3. The van der Waals surface area contributed by atoms with Crippen molar-refractivity contribution in [1.29, 1.82) is 0 Å². The Balaban J connectivity index is 1.52. The van der Waals surface area contributed by atoms with Gasteiger partial charge in [-0.15, -0.1) is 0 Å². The number of carboxylic acid groups (broad SMARTS) is 1. The summed E-state index contributed by atoms with van der Waals surface area (Å²) in [6.45, 7) is 0.334. The second kappa shape index (κ2) is 5.07. The molecule has 0 aromatic rings. The van der Waals surface area contributed by atoms with Crippen LogP contribution in [0.1, 0.15) is 44.9 Å². The van der Waals surface area contributed by atoms with Crippen LogP contribution in [0.3, 0.4) is 0 Å². The second-order valence-corrected chi connectivity index (χ2v) is 7.66. The molecule has 1 N–H and O–H groups in total. The van der Waals surface area contributed by atoms with Crippen LogP contribution in [0.4, 0.5) is 0 Å². The Labute approximate surface area is 130 Å². The summed E-state index contributed by atoms with van der Waals surface area (Å²) in [5, 5.41) is 9.38. The highest BCUT2D eigenvalue weighted by Crippen LogP contribution is 2.56. The van der Waals surface area contributed by atoms with Crippen LogP contribution in [-0.2, 0) is 14.4 Å². The average molecular weight is 305 g/mol. The van der Waals surface area contributed by atoms with Crippen molar-refractivity contribution < 1.29 is 19.5 Å². The third kappa shape index (κ3) is 1.94. The maximum atomic E-state index is 12.7. The molecule has 5 heteroatoms. The van der Waals surface area contributed by atoms with E-state index in [1.54, 1.807) is 0 Å². The highest BCUT2D eigenvalue weighted by atomic mass is 16.4. The monoisotopic (exact) mass is 305 g/mol. The van der Waals surface area contributed by atoms with E-state index in [1.807, 2.05) is 0 Å². The van der Waals surface area contributed by atoms with Gasteiger partial charge in [0.05, 0.1) is 17.8 Å². The Hall–Kier alpha value is -1.39. The molecule has 1 saturated heterocycles. The molecule has 3 aliphatic carbocycles. The van der Waals surface area contributed by atoms with Gasteiger partial charge in [-0.25, -0.2) is 0 Å². The van der Waals surface area contributed by atoms with E-state index >= 15 is 0 Å². The summed E-state index contributed by atoms with van der Waals surface area (Å²) in [5.74, 6) is -0.604. The second-order valence-electron chi connectivity index (χ2n) is 7.66. The summed E-state index contributed by atoms with van der Waals surface area (Å²) in [5.41, 5.74) is 0. The molecule has 0 radical (unpaired) electrons. The van der Waals surface area contributed by atoms with Gasteiger partial charge in [0.15, 0.2) is 0 Å². The van der Waals surface area contributed by atoms with Gasteiger partial charge in [0.25, 0.3) is 0 Å². The molecule has 4 fully saturated rings. The fourth-order valence-corrected chi connectivity index (χ4v) is 5.64. The number of likely N-dealkylation sites (tertiary alicyclic amines) is 1. The van der Waals surface area contributed by atoms with Gasteiger partial charge in [-0.2, -0.15) is 0 Å². The normalized spacial score (nSPS) is 43.7. The predicted octanol–water partition coefficient (Wildman–Crippen LogP) is 1.91. The minimum Gasteiger partial charge on any atom is -0.481 e. The average Bonchev–Trinajstić information content (AvgIpc) is 3.17. The molecule has 0 aromatic carbocycles. The molecule has 5 nitrogen and oxygen atoms in total. The number of hydrogen-bond acceptors (Lipinski definition) is 3. The summed E-state index contributed by atoms with van der Waals surface area (Å²) in [6, 6.07) is 0. The predicted molar refractivity (Wildman–Crippen MR) is 77.6 cm³/mol. The topological polar surface area (TPSA) is 74.7 Å². The zero-order chi connectivity index (χ0) is 15.4. The summed E-state index contributed by atoms with van der Waals surface area (Å²) in [4.78, 5) is 38.2. The van der Waals surface area contributed by atoms with Gasteiger partial charge in [-0.3, -0.25) is 19.3 Å². The van der Waals surface area contributed by atoms with E-state index in [2.05, 4.69) is 0 Å². The fourth-order valence-electron chi connectivity index (χ4n) is 5.64. The molecule has 2 bridgehead atoms. The zero-order valence-corrected chi connectivity index (χ0v) is 12.7. The van der Waals surface area contributed by atoms with Crippen LogP contribution in [0.5, 0.6) is 0 Å². The molecule has 4 aliphatic rings. The Morgan fingerprint density at radius 3 is 2.18 bits per heavy atom. The Kier molecular flexibility index (Phi) is 3.27. The van der Waals surface area contributed by atoms with Crippen molar-refractivity contribution >= 4 is 17.8 Å². The maximum Gasteiger partial charge on any atom is 0.306 e. The molecule has 120 valence electrons. The highest BCUT2D eigenvalue weighted by molar-refractivity contribution is 6.06. The number of imide groups is 1. The van der Waals surface area contributed by atoms with E-state index in [1.165, 1.54) is 4.90 Å². The summed E-state index contributed by atoms with van der Waals surface area (Å²) < 4.78 is 0. The summed E-state index contributed by atoms with van der Waals surface area (Å²) in [6.07, 6.45) is 6.64. The first-order chi connectivity index (χ1) is 10.6. The number of aliphatic carboxylic acids is 1. The minimum atomic E-state index is -0.774. The van der Waals surface area contributed by atoms with E-state index in [4.69, 9.17) is 0 Å².